The molecule has 0 atom stereocenters. The van der Waals surface area contributed by atoms with Crippen LogP contribution in [0.1, 0.15) is 38.2 Å². The summed E-state index contributed by atoms with van der Waals surface area (Å²) in [5.41, 5.74) is 0.541. The number of benzene rings is 1. The first-order valence-corrected chi connectivity index (χ1v) is 12.0. The van der Waals surface area contributed by atoms with Crippen molar-refractivity contribution in [1.82, 2.24) is 15.4 Å². The molecule has 1 heterocycles. The maximum atomic E-state index is 12.1. The molecule has 1 aromatic carbocycles. The molecule has 0 unspecified atom stereocenters. The molecule has 0 radical (unpaired) electrons. The Bertz CT molecular complexity index is 815. The minimum atomic E-state index is -2.10. The Kier molecular flexibility index (Phi) is 5.81. The van der Waals surface area contributed by atoms with Crippen LogP contribution in [0.2, 0.25) is 18.1 Å². The Morgan fingerprint density at radius 2 is 1.96 bits per heavy atom. The van der Waals surface area contributed by atoms with Gasteiger partial charge < -0.3 is 14.3 Å². The highest BCUT2D eigenvalue weighted by Gasteiger charge is 2.39. The number of aromatic amines is 1. The largest absolute Gasteiger partial charge is 0.543 e. The molecule has 0 aliphatic rings. The number of hydrogen-bond donors (Lipinski definition) is 2. The molecule has 0 bridgehead atoms. The van der Waals surface area contributed by atoms with Crippen molar-refractivity contribution in [2.45, 2.75) is 45.8 Å². The van der Waals surface area contributed by atoms with Crippen molar-refractivity contribution in [3.63, 3.8) is 0 Å². The number of H-pyrrole nitrogens is 1. The second-order valence-corrected chi connectivity index (χ2v) is 12.9. The van der Waals surface area contributed by atoms with Gasteiger partial charge >= 0.3 is 5.97 Å². The first-order valence-electron chi connectivity index (χ1n) is 8.28. The maximum Gasteiger partial charge on any atom is 0.361 e. The van der Waals surface area contributed by atoms with Crippen molar-refractivity contribution in [2.24, 2.45) is 0 Å². The first-order chi connectivity index (χ1) is 12.0. The Hall–Kier alpha value is -1.87. The minimum absolute atomic E-state index is 0.00678. The fraction of sp³-hybridized carbons (Fsp3) is 0.471. The standard InChI is InChI=1S/C17H24BrN3O4Si/c1-7-24-16(23)15-14(19-21-20-15)12-10(22)8-9-11(13(12)18)25-26(5,6)17(2,3)4/h8-9,22H,7H2,1-6H3,(H,19,20,21). The molecular formula is C17H24BrN3O4Si. The third-order valence-corrected chi connectivity index (χ3v) is 9.64. The van der Waals surface area contributed by atoms with E-state index in [-0.39, 0.29) is 28.8 Å². The summed E-state index contributed by atoms with van der Waals surface area (Å²) >= 11 is 3.50. The summed E-state index contributed by atoms with van der Waals surface area (Å²) in [6.07, 6.45) is 0. The van der Waals surface area contributed by atoms with E-state index in [9.17, 15) is 9.90 Å². The molecule has 2 rings (SSSR count). The van der Waals surface area contributed by atoms with Crippen molar-refractivity contribution in [2.75, 3.05) is 6.61 Å². The molecular weight excluding hydrogens is 418 g/mol. The lowest BCUT2D eigenvalue weighted by molar-refractivity contribution is 0.0520. The molecule has 0 fully saturated rings. The molecule has 0 saturated heterocycles. The van der Waals surface area contributed by atoms with E-state index in [4.69, 9.17) is 9.16 Å². The lowest BCUT2D eigenvalue weighted by Gasteiger charge is -2.36. The number of aromatic nitrogens is 3. The van der Waals surface area contributed by atoms with Crippen LogP contribution in [0.4, 0.5) is 0 Å². The van der Waals surface area contributed by atoms with Crippen LogP contribution in [-0.2, 0) is 4.74 Å². The van der Waals surface area contributed by atoms with E-state index >= 15 is 0 Å². The molecule has 26 heavy (non-hydrogen) atoms. The van der Waals surface area contributed by atoms with Crippen LogP contribution in [0.15, 0.2) is 16.6 Å². The fourth-order valence-electron chi connectivity index (χ4n) is 2.03. The van der Waals surface area contributed by atoms with E-state index < -0.39 is 14.3 Å². The minimum Gasteiger partial charge on any atom is -0.543 e. The molecule has 0 saturated carbocycles. The normalized spacial score (nSPS) is 12.1. The third-order valence-electron chi connectivity index (χ3n) is 4.51. The molecule has 2 N–H and O–H groups in total. The first kappa shape index (κ1) is 20.4. The number of aromatic hydroxyl groups is 1. The summed E-state index contributed by atoms with van der Waals surface area (Å²) in [6, 6.07) is 3.22. The lowest BCUT2D eigenvalue weighted by Crippen LogP contribution is -2.43. The molecule has 0 aliphatic carbocycles. The number of carbonyl (C=O) groups excluding carboxylic acids is 1. The number of nitrogens with zero attached hydrogens (tertiary/aromatic N) is 2. The topological polar surface area (TPSA) is 97.3 Å². The maximum absolute atomic E-state index is 12.1. The van der Waals surface area contributed by atoms with Gasteiger partial charge in [0.05, 0.1) is 16.6 Å². The number of nitrogens with one attached hydrogen (secondary N) is 1. The molecule has 142 valence electrons. The van der Waals surface area contributed by atoms with Crippen LogP contribution in [0.5, 0.6) is 11.5 Å². The van der Waals surface area contributed by atoms with Crippen molar-refractivity contribution < 1.29 is 19.1 Å². The predicted octanol–water partition coefficient (Wildman–Crippen LogP) is 4.50. The smallest absolute Gasteiger partial charge is 0.361 e. The van der Waals surface area contributed by atoms with E-state index in [0.29, 0.717) is 15.8 Å². The van der Waals surface area contributed by atoms with Crippen molar-refractivity contribution in [3.8, 4) is 22.8 Å². The van der Waals surface area contributed by atoms with Gasteiger partial charge in [-0.2, -0.15) is 10.3 Å². The molecule has 9 heteroatoms. The SMILES string of the molecule is CCOC(=O)c1n[nH]nc1-c1c(O)ccc(O[Si](C)(C)C(C)(C)C)c1Br. The quantitative estimate of drug-likeness (QED) is 0.523. The van der Waals surface area contributed by atoms with Crippen LogP contribution in [0.3, 0.4) is 0 Å². The number of hydrogen-bond acceptors (Lipinski definition) is 6. The lowest BCUT2D eigenvalue weighted by atomic mass is 10.1. The molecule has 0 aliphatic heterocycles. The zero-order chi connectivity index (χ0) is 19.7. The van der Waals surface area contributed by atoms with Gasteiger partial charge in [-0.1, -0.05) is 20.8 Å². The van der Waals surface area contributed by atoms with E-state index in [0.717, 1.165) is 0 Å². The molecule has 1 aromatic heterocycles. The van der Waals surface area contributed by atoms with Crippen LogP contribution < -0.4 is 4.43 Å². The van der Waals surface area contributed by atoms with E-state index in [1.807, 2.05) is 0 Å². The summed E-state index contributed by atoms with van der Waals surface area (Å²) in [7, 11) is -2.10. The average molecular weight is 442 g/mol. The van der Waals surface area contributed by atoms with Gasteiger partial charge in [-0.25, -0.2) is 4.79 Å². The number of phenolic OH excluding ortho intramolecular Hbond substituents is 1. The highest BCUT2D eigenvalue weighted by molar-refractivity contribution is 9.10. The number of phenols is 1. The number of carbonyl (C=O) groups is 1. The molecule has 0 spiro atoms. The van der Waals surface area contributed by atoms with Crippen LogP contribution >= 0.6 is 15.9 Å². The van der Waals surface area contributed by atoms with E-state index in [1.165, 1.54) is 6.07 Å². The Morgan fingerprint density at radius 3 is 2.54 bits per heavy atom. The summed E-state index contributed by atoms with van der Waals surface area (Å²) < 4.78 is 11.9. The Labute approximate surface area is 162 Å². The van der Waals surface area contributed by atoms with E-state index in [2.05, 4.69) is 65.2 Å². The number of esters is 1. The zero-order valence-electron chi connectivity index (χ0n) is 15.8. The summed E-state index contributed by atoms with van der Waals surface area (Å²) in [5, 5.41) is 20.7. The fourth-order valence-corrected chi connectivity index (χ4v) is 3.81. The van der Waals surface area contributed by atoms with Crippen LogP contribution in [-0.4, -0.2) is 41.4 Å². The highest BCUT2D eigenvalue weighted by Crippen LogP contribution is 2.45. The van der Waals surface area contributed by atoms with E-state index in [1.54, 1.807) is 13.0 Å². The Balaban J connectivity index is 2.53. The number of rotatable bonds is 5. The summed E-state index contributed by atoms with van der Waals surface area (Å²) in [6.45, 7) is 12.6. The van der Waals surface area contributed by atoms with Crippen LogP contribution in [0, 0.1) is 0 Å². The molecule has 2 aromatic rings. The number of halogens is 1. The van der Waals surface area contributed by atoms with Crippen molar-refractivity contribution in [3.05, 3.63) is 22.3 Å². The summed E-state index contributed by atoms with van der Waals surface area (Å²) in [4.78, 5) is 12.1. The van der Waals surface area contributed by atoms with Gasteiger partial charge in [-0.15, -0.1) is 5.10 Å². The highest BCUT2D eigenvalue weighted by atomic mass is 79.9. The third kappa shape index (κ3) is 3.93. The second kappa shape index (κ2) is 7.40. The monoisotopic (exact) mass is 441 g/mol. The predicted molar refractivity (Wildman–Crippen MR) is 105 cm³/mol. The van der Waals surface area contributed by atoms with Gasteiger partial charge in [0.15, 0.2) is 5.69 Å². The van der Waals surface area contributed by atoms with Gasteiger partial charge in [0.2, 0.25) is 0 Å². The average Bonchev–Trinajstić information content (AvgIpc) is 2.98. The van der Waals surface area contributed by atoms with Gasteiger partial charge in [-0.3, -0.25) is 0 Å². The van der Waals surface area contributed by atoms with Crippen molar-refractivity contribution in [1.29, 1.82) is 0 Å². The van der Waals surface area contributed by atoms with Gasteiger partial charge in [0.25, 0.3) is 8.32 Å². The number of ether oxygens (including phenoxy) is 1. The Morgan fingerprint density at radius 1 is 1.31 bits per heavy atom. The second-order valence-electron chi connectivity index (χ2n) is 7.38. The van der Waals surface area contributed by atoms with Crippen LogP contribution in [0.25, 0.3) is 11.3 Å². The van der Waals surface area contributed by atoms with Gasteiger partial charge in [0.1, 0.15) is 17.2 Å². The van der Waals surface area contributed by atoms with Gasteiger partial charge in [-0.05, 0) is 53.1 Å². The zero-order valence-corrected chi connectivity index (χ0v) is 18.4. The molecule has 7 nitrogen and oxygen atoms in total. The summed E-state index contributed by atoms with van der Waals surface area (Å²) in [5.74, 6) is -0.0700. The van der Waals surface area contributed by atoms with Crippen molar-refractivity contribution >= 4 is 30.2 Å². The van der Waals surface area contributed by atoms with Gasteiger partial charge in [0, 0.05) is 0 Å². The molecule has 0 amide bonds.